The smallest absolute Gasteiger partial charge is 0.255 e. The number of benzene rings is 2. The normalized spacial score (nSPS) is 10.4. The van der Waals surface area contributed by atoms with Crippen molar-refractivity contribution >= 4 is 11.6 Å². The van der Waals surface area contributed by atoms with Crippen molar-refractivity contribution in [2.75, 3.05) is 5.32 Å². The van der Waals surface area contributed by atoms with Gasteiger partial charge < -0.3 is 5.32 Å². The van der Waals surface area contributed by atoms with Gasteiger partial charge in [-0.1, -0.05) is 6.92 Å². The van der Waals surface area contributed by atoms with E-state index >= 15 is 0 Å². The molecule has 0 radical (unpaired) electrons. The van der Waals surface area contributed by atoms with E-state index in [9.17, 15) is 18.0 Å². The first-order chi connectivity index (χ1) is 9.51. The van der Waals surface area contributed by atoms with Gasteiger partial charge >= 0.3 is 0 Å². The molecule has 0 unspecified atom stereocenters. The third-order valence-electron chi connectivity index (χ3n) is 2.87. The van der Waals surface area contributed by atoms with Crippen LogP contribution in [0.1, 0.15) is 22.8 Å². The van der Waals surface area contributed by atoms with Gasteiger partial charge in [0.25, 0.3) is 5.91 Å². The number of anilines is 1. The zero-order valence-corrected chi connectivity index (χ0v) is 10.7. The summed E-state index contributed by atoms with van der Waals surface area (Å²) < 4.78 is 39.1. The third-order valence-corrected chi connectivity index (χ3v) is 2.87. The van der Waals surface area contributed by atoms with Gasteiger partial charge in [-0.2, -0.15) is 0 Å². The fourth-order valence-electron chi connectivity index (χ4n) is 1.76. The molecule has 1 N–H and O–H groups in total. The molecule has 104 valence electrons. The molecule has 2 aromatic rings. The van der Waals surface area contributed by atoms with E-state index in [0.29, 0.717) is 12.0 Å². The van der Waals surface area contributed by atoms with Crippen LogP contribution in [0.5, 0.6) is 0 Å². The lowest BCUT2D eigenvalue weighted by atomic mass is 10.1. The predicted octanol–water partition coefficient (Wildman–Crippen LogP) is 3.92. The molecular formula is C15H12F3NO. The summed E-state index contributed by atoms with van der Waals surface area (Å²) in [6.07, 6.45) is 0.456. The van der Waals surface area contributed by atoms with Crippen LogP contribution in [0.15, 0.2) is 36.4 Å². The Hall–Kier alpha value is -2.30. The molecule has 20 heavy (non-hydrogen) atoms. The van der Waals surface area contributed by atoms with Crippen LogP contribution in [0.4, 0.5) is 18.9 Å². The molecule has 0 saturated heterocycles. The molecule has 1 amide bonds. The van der Waals surface area contributed by atoms with Gasteiger partial charge in [0.15, 0.2) is 11.6 Å². The second kappa shape index (κ2) is 5.77. The van der Waals surface area contributed by atoms with Gasteiger partial charge in [-0.05, 0) is 42.3 Å². The highest BCUT2D eigenvalue weighted by Crippen LogP contribution is 2.16. The highest BCUT2D eigenvalue weighted by molar-refractivity contribution is 6.04. The lowest BCUT2D eigenvalue weighted by Gasteiger charge is -2.07. The summed E-state index contributed by atoms with van der Waals surface area (Å²) in [7, 11) is 0. The first-order valence-electron chi connectivity index (χ1n) is 6.06. The van der Waals surface area contributed by atoms with Crippen molar-refractivity contribution in [2.24, 2.45) is 0 Å². The minimum absolute atomic E-state index is 0.135. The minimum atomic E-state index is -1.05. The monoisotopic (exact) mass is 279 g/mol. The summed E-state index contributed by atoms with van der Waals surface area (Å²) in [5.74, 6) is -2.92. The average Bonchev–Trinajstić information content (AvgIpc) is 2.43. The van der Waals surface area contributed by atoms with Crippen molar-refractivity contribution in [2.45, 2.75) is 13.3 Å². The maximum absolute atomic E-state index is 13.3. The number of carbonyl (C=O) groups excluding carboxylic acids is 1. The molecule has 0 aliphatic rings. The van der Waals surface area contributed by atoms with Crippen LogP contribution in [0.25, 0.3) is 0 Å². The van der Waals surface area contributed by atoms with Crippen LogP contribution in [0.3, 0.4) is 0 Å². The van der Waals surface area contributed by atoms with E-state index < -0.39 is 17.5 Å². The van der Waals surface area contributed by atoms with Crippen molar-refractivity contribution in [1.29, 1.82) is 0 Å². The Balaban J connectivity index is 2.21. The Morgan fingerprint density at radius 3 is 2.35 bits per heavy atom. The summed E-state index contributed by atoms with van der Waals surface area (Å²) in [6.45, 7) is 1.77. The lowest BCUT2D eigenvalue weighted by Crippen LogP contribution is -2.12. The third kappa shape index (κ3) is 2.99. The van der Waals surface area contributed by atoms with Gasteiger partial charge in [0.2, 0.25) is 0 Å². The second-order valence-electron chi connectivity index (χ2n) is 4.24. The maximum atomic E-state index is 13.3. The zero-order chi connectivity index (χ0) is 14.7. The van der Waals surface area contributed by atoms with Crippen molar-refractivity contribution in [3.05, 3.63) is 65.0 Å². The molecule has 5 heteroatoms. The fourth-order valence-corrected chi connectivity index (χ4v) is 1.76. The fraction of sp³-hybridized carbons (Fsp3) is 0.133. The molecule has 0 saturated carbocycles. The van der Waals surface area contributed by atoms with Gasteiger partial charge in [-0.15, -0.1) is 0 Å². The molecule has 2 aromatic carbocycles. The second-order valence-corrected chi connectivity index (χ2v) is 4.24. The lowest BCUT2D eigenvalue weighted by molar-refractivity contribution is 0.102. The summed E-state index contributed by atoms with van der Waals surface area (Å²) in [6, 6.07) is 7.04. The van der Waals surface area contributed by atoms with Crippen LogP contribution >= 0.6 is 0 Å². The molecule has 2 nitrogen and oxygen atoms in total. The average molecular weight is 279 g/mol. The summed E-state index contributed by atoms with van der Waals surface area (Å²) >= 11 is 0. The van der Waals surface area contributed by atoms with E-state index in [4.69, 9.17) is 0 Å². The quantitative estimate of drug-likeness (QED) is 0.906. The van der Waals surface area contributed by atoms with E-state index in [1.54, 1.807) is 6.92 Å². The molecular weight excluding hydrogens is 267 g/mol. The number of hydrogen-bond acceptors (Lipinski definition) is 1. The van der Waals surface area contributed by atoms with Gasteiger partial charge in [0, 0.05) is 17.3 Å². The van der Waals surface area contributed by atoms with E-state index in [2.05, 4.69) is 5.32 Å². The molecule has 0 aliphatic carbocycles. The van der Waals surface area contributed by atoms with Crippen LogP contribution in [0, 0.1) is 17.5 Å². The van der Waals surface area contributed by atoms with Crippen molar-refractivity contribution in [3.8, 4) is 0 Å². The topological polar surface area (TPSA) is 29.1 Å². The highest BCUT2D eigenvalue weighted by Gasteiger charge is 2.10. The standard InChI is InChI=1S/C15H12F3NO/c1-2-9-7-10(3-5-12(9)16)15(20)19-11-4-6-13(17)14(18)8-11/h3-8H,2H2,1H3,(H,19,20). The largest absolute Gasteiger partial charge is 0.322 e. The number of amides is 1. The van der Waals surface area contributed by atoms with E-state index in [0.717, 1.165) is 12.1 Å². The molecule has 0 spiro atoms. The van der Waals surface area contributed by atoms with Gasteiger partial charge in [-0.3, -0.25) is 4.79 Å². The van der Waals surface area contributed by atoms with Crippen molar-refractivity contribution in [3.63, 3.8) is 0 Å². The summed E-state index contributed by atoms with van der Waals surface area (Å²) in [5, 5.41) is 2.43. The molecule has 0 heterocycles. The molecule has 0 aromatic heterocycles. The van der Waals surface area contributed by atoms with Crippen LogP contribution in [-0.2, 0) is 6.42 Å². The molecule has 0 fully saturated rings. The van der Waals surface area contributed by atoms with Crippen LogP contribution in [0.2, 0.25) is 0 Å². The van der Waals surface area contributed by atoms with E-state index in [1.807, 2.05) is 0 Å². The maximum Gasteiger partial charge on any atom is 0.255 e. The number of rotatable bonds is 3. The molecule has 0 aliphatic heterocycles. The molecule has 2 rings (SSSR count). The SMILES string of the molecule is CCc1cc(C(=O)Nc2ccc(F)c(F)c2)ccc1F. The Kier molecular flexibility index (Phi) is 4.08. The van der Waals surface area contributed by atoms with Crippen molar-refractivity contribution < 1.29 is 18.0 Å². The Bertz CT molecular complexity index is 656. The van der Waals surface area contributed by atoms with Gasteiger partial charge in [0.05, 0.1) is 0 Å². The number of halogens is 3. The van der Waals surface area contributed by atoms with Crippen LogP contribution in [-0.4, -0.2) is 5.91 Å². The van der Waals surface area contributed by atoms with E-state index in [1.165, 1.54) is 24.3 Å². The summed E-state index contributed by atoms with van der Waals surface area (Å²) in [5.41, 5.74) is 0.812. The van der Waals surface area contributed by atoms with Gasteiger partial charge in [0.1, 0.15) is 5.82 Å². The first kappa shape index (κ1) is 14.1. The van der Waals surface area contributed by atoms with Gasteiger partial charge in [-0.25, -0.2) is 13.2 Å². The number of aryl methyl sites for hydroxylation is 1. The Morgan fingerprint density at radius 1 is 1.00 bits per heavy atom. The Labute approximate surface area is 114 Å². The Morgan fingerprint density at radius 2 is 1.70 bits per heavy atom. The first-order valence-corrected chi connectivity index (χ1v) is 6.06. The number of hydrogen-bond donors (Lipinski definition) is 1. The zero-order valence-electron chi connectivity index (χ0n) is 10.7. The summed E-state index contributed by atoms with van der Waals surface area (Å²) in [4.78, 5) is 11.9. The molecule has 0 atom stereocenters. The highest BCUT2D eigenvalue weighted by atomic mass is 19.2. The number of nitrogens with one attached hydrogen (secondary N) is 1. The predicted molar refractivity (Wildman–Crippen MR) is 70.1 cm³/mol. The molecule has 0 bridgehead atoms. The van der Waals surface area contributed by atoms with E-state index in [-0.39, 0.29) is 17.1 Å². The van der Waals surface area contributed by atoms with Crippen molar-refractivity contribution in [1.82, 2.24) is 0 Å². The number of carbonyl (C=O) groups is 1. The minimum Gasteiger partial charge on any atom is -0.322 e. The van der Waals surface area contributed by atoms with Crippen LogP contribution < -0.4 is 5.32 Å².